The number of hydrogen-bond donors (Lipinski definition) is 1. The van der Waals surface area contributed by atoms with Gasteiger partial charge in [-0.2, -0.15) is 5.10 Å². The van der Waals surface area contributed by atoms with Gasteiger partial charge in [0.1, 0.15) is 12.1 Å². The third-order valence-corrected chi connectivity index (χ3v) is 4.12. The highest BCUT2D eigenvalue weighted by molar-refractivity contribution is 5.44. The maximum Gasteiger partial charge on any atom is 0.137 e. The first-order chi connectivity index (χ1) is 10.9. The maximum absolute atomic E-state index is 4.45. The fourth-order valence-electron chi connectivity index (χ4n) is 2.56. The third-order valence-electron chi connectivity index (χ3n) is 4.12. The van der Waals surface area contributed by atoms with Gasteiger partial charge in [0.05, 0.1) is 24.1 Å². The van der Waals surface area contributed by atoms with Crippen LogP contribution in [0.5, 0.6) is 0 Å². The second kappa shape index (κ2) is 5.63. The van der Waals surface area contributed by atoms with Gasteiger partial charge in [-0.15, -0.1) is 0 Å². The molecule has 6 nitrogen and oxygen atoms in total. The Hall–Kier alpha value is -2.63. The highest BCUT2D eigenvalue weighted by Gasteiger charge is 2.19. The quantitative estimate of drug-likeness (QED) is 0.786. The molecule has 112 valence electrons. The van der Waals surface area contributed by atoms with E-state index in [0.717, 1.165) is 18.1 Å². The van der Waals surface area contributed by atoms with Gasteiger partial charge in [0, 0.05) is 30.7 Å². The van der Waals surface area contributed by atoms with Crippen molar-refractivity contribution in [3.05, 3.63) is 55.0 Å². The average molecular weight is 294 g/mol. The third kappa shape index (κ3) is 2.59. The number of rotatable bonds is 5. The molecule has 22 heavy (non-hydrogen) atoms. The fourth-order valence-corrected chi connectivity index (χ4v) is 2.56. The van der Waals surface area contributed by atoms with Crippen LogP contribution in [-0.4, -0.2) is 24.3 Å². The molecule has 0 spiro atoms. The van der Waals surface area contributed by atoms with Crippen LogP contribution < -0.4 is 5.32 Å². The van der Waals surface area contributed by atoms with E-state index in [1.54, 1.807) is 12.5 Å². The molecule has 0 unspecified atom stereocenters. The minimum Gasteiger partial charge on any atom is -0.380 e. The molecule has 1 N–H and O–H groups in total. The zero-order valence-electron chi connectivity index (χ0n) is 12.3. The van der Waals surface area contributed by atoms with Crippen molar-refractivity contribution in [2.24, 2.45) is 0 Å². The summed E-state index contributed by atoms with van der Waals surface area (Å²) in [5, 5.41) is 7.83. The minimum atomic E-state index is 0.616. The van der Waals surface area contributed by atoms with Crippen molar-refractivity contribution in [1.82, 2.24) is 24.3 Å². The molecule has 1 saturated carbocycles. The summed E-state index contributed by atoms with van der Waals surface area (Å²) in [4.78, 5) is 8.45. The van der Waals surface area contributed by atoms with Crippen molar-refractivity contribution in [2.45, 2.75) is 31.8 Å². The number of imidazole rings is 1. The molecule has 6 heteroatoms. The van der Waals surface area contributed by atoms with Crippen molar-refractivity contribution < 1.29 is 0 Å². The summed E-state index contributed by atoms with van der Waals surface area (Å²) < 4.78 is 3.98. The summed E-state index contributed by atoms with van der Waals surface area (Å²) >= 11 is 0. The lowest BCUT2D eigenvalue weighted by molar-refractivity contribution is 0.289. The van der Waals surface area contributed by atoms with Crippen LogP contribution in [0.25, 0.3) is 5.82 Å². The molecule has 0 bridgehead atoms. The summed E-state index contributed by atoms with van der Waals surface area (Å²) in [6, 6.07) is 4.62. The molecule has 3 aromatic heterocycles. The number of hydrogen-bond acceptors (Lipinski definition) is 4. The molecule has 0 aromatic carbocycles. The molecule has 1 fully saturated rings. The van der Waals surface area contributed by atoms with E-state index in [1.807, 2.05) is 35.3 Å². The van der Waals surface area contributed by atoms with Gasteiger partial charge < -0.3 is 5.32 Å². The topological polar surface area (TPSA) is 60.6 Å². The number of anilines is 1. The summed E-state index contributed by atoms with van der Waals surface area (Å²) in [6.07, 6.45) is 15.1. The first-order valence-electron chi connectivity index (χ1n) is 7.60. The van der Waals surface area contributed by atoms with E-state index in [2.05, 4.69) is 31.3 Å². The number of pyridine rings is 1. The van der Waals surface area contributed by atoms with Crippen LogP contribution in [0.1, 0.15) is 30.9 Å². The van der Waals surface area contributed by atoms with E-state index in [1.165, 1.54) is 24.8 Å². The standard InChI is InChI=1S/C16H18N6/c1-2-15(3-1)22-11-13(9-20-22)8-18-14-4-5-16(19-10-14)21-7-6-17-12-21/h4-7,9-12,15,18H,1-3,8H2. The molecule has 3 aromatic rings. The Bertz CT molecular complexity index is 724. The number of aromatic nitrogens is 5. The predicted molar refractivity (Wildman–Crippen MR) is 83.8 cm³/mol. The first-order valence-corrected chi connectivity index (χ1v) is 7.60. The molecule has 4 rings (SSSR count). The summed E-state index contributed by atoms with van der Waals surface area (Å²) in [5.74, 6) is 0.862. The van der Waals surface area contributed by atoms with Gasteiger partial charge in [-0.25, -0.2) is 9.97 Å². The van der Waals surface area contributed by atoms with E-state index >= 15 is 0 Å². The predicted octanol–water partition coefficient (Wildman–Crippen LogP) is 2.80. The summed E-state index contributed by atoms with van der Waals surface area (Å²) in [6.45, 7) is 0.763. The monoisotopic (exact) mass is 294 g/mol. The van der Waals surface area contributed by atoms with Crippen molar-refractivity contribution in [3.63, 3.8) is 0 Å². The highest BCUT2D eigenvalue weighted by atomic mass is 15.3. The maximum atomic E-state index is 4.45. The van der Waals surface area contributed by atoms with Gasteiger partial charge in [0.15, 0.2) is 0 Å². The molecule has 0 atom stereocenters. The lowest BCUT2D eigenvalue weighted by Crippen LogP contribution is -2.17. The zero-order valence-corrected chi connectivity index (χ0v) is 12.3. The molecule has 0 amide bonds. The fraction of sp³-hybridized carbons (Fsp3) is 0.312. The van der Waals surface area contributed by atoms with Gasteiger partial charge in [-0.3, -0.25) is 9.25 Å². The molecule has 1 aliphatic carbocycles. The molecule has 0 radical (unpaired) electrons. The minimum absolute atomic E-state index is 0.616. The molecule has 0 aliphatic heterocycles. The van der Waals surface area contributed by atoms with Crippen LogP contribution in [-0.2, 0) is 6.54 Å². The average Bonchev–Trinajstić information content (AvgIpc) is 3.16. The Kier molecular flexibility index (Phi) is 3.34. The van der Waals surface area contributed by atoms with Crippen LogP contribution in [0.2, 0.25) is 0 Å². The Morgan fingerprint density at radius 2 is 2.18 bits per heavy atom. The lowest BCUT2D eigenvalue weighted by Gasteiger charge is -2.25. The summed E-state index contributed by atoms with van der Waals surface area (Å²) in [5.41, 5.74) is 2.20. The normalized spacial score (nSPS) is 14.7. The van der Waals surface area contributed by atoms with Crippen molar-refractivity contribution in [2.75, 3.05) is 5.32 Å². The first kappa shape index (κ1) is 13.1. The highest BCUT2D eigenvalue weighted by Crippen LogP contribution is 2.30. The van der Waals surface area contributed by atoms with Gasteiger partial charge in [0.25, 0.3) is 0 Å². The van der Waals surface area contributed by atoms with Gasteiger partial charge in [-0.1, -0.05) is 0 Å². The van der Waals surface area contributed by atoms with Crippen LogP contribution >= 0.6 is 0 Å². The van der Waals surface area contributed by atoms with Crippen molar-refractivity contribution >= 4 is 5.69 Å². The molecule has 1 aliphatic rings. The zero-order chi connectivity index (χ0) is 14.8. The van der Waals surface area contributed by atoms with Crippen LogP contribution in [0, 0.1) is 0 Å². The smallest absolute Gasteiger partial charge is 0.137 e. The van der Waals surface area contributed by atoms with Crippen LogP contribution in [0.15, 0.2) is 49.4 Å². The van der Waals surface area contributed by atoms with Crippen LogP contribution in [0.3, 0.4) is 0 Å². The number of nitrogens with one attached hydrogen (secondary N) is 1. The summed E-state index contributed by atoms with van der Waals surface area (Å²) in [7, 11) is 0. The van der Waals surface area contributed by atoms with Gasteiger partial charge in [0.2, 0.25) is 0 Å². The Labute approximate surface area is 128 Å². The molecular weight excluding hydrogens is 276 g/mol. The SMILES string of the molecule is c1cn(-c2ccc(NCc3cnn(C4CCC4)c3)cn2)cn1. The molecule has 0 saturated heterocycles. The second-order valence-corrected chi connectivity index (χ2v) is 5.64. The largest absolute Gasteiger partial charge is 0.380 e. The second-order valence-electron chi connectivity index (χ2n) is 5.64. The molecule has 3 heterocycles. The van der Waals surface area contributed by atoms with E-state index in [-0.39, 0.29) is 0 Å². The van der Waals surface area contributed by atoms with Gasteiger partial charge >= 0.3 is 0 Å². The Morgan fingerprint density at radius 1 is 1.23 bits per heavy atom. The lowest BCUT2D eigenvalue weighted by atomic mass is 9.93. The van der Waals surface area contributed by atoms with E-state index < -0.39 is 0 Å². The number of nitrogens with zero attached hydrogens (tertiary/aromatic N) is 5. The molecular formula is C16H18N6. The Balaban J connectivity index is 1.38. The Morgan fingerprint density at radius 3 is 2.86 bits per heavy atom. The van der Waals surface area contributed by atoms with Crippen molar-refractivity contribution in [3.8, 4) is 5.82 Å². The van der Waals surface area contributed by atoms with Crippen molar-refractivity contribution in [1.29, 1.82) is 0 Å². The van der Waals surface area contributed by atoms with E-state index in [9.17, 15) is 0 Å². The van der Waals surface area contributed by atoms with Crippen LogP contribution in [0.4, 0.5) is 5.69 Å². The van der Waals surface area contributed by atoms with Gasteiger partial charge in [-0.05, 0) is 31.4 Å². The van der Waals surface area contributed by atoms with E-state index in [4.69, 9.17) is 0 Å². The van der Waals surface area contributed by atoms with E-state index in [0.29, 0.717) is 6.04 Å².